The Morgan fingerprint density at radius 3 is 2.68 bits per heavy atom. The third-order valence-electron chi connectivity index (χ3n) is 3.36. The molecule has 0 saturated heterocycles. The van der Waals surface area contributed by atoms with Gasteiger partial charge in [0.2, 0.25) is 0 Å². The highest BCUT2D eigenvalue weighted by Gasteiger charge is 2.14. The second-order valence-corrected chi connectivity index (χ2v) is 6.14. The molecule has 132 valence electrons. The quantitative estimate of drug-likeness (QED) is 0.615. The summed E-state index contributed by atoms with van der Waals surface area (Å²) in [6.07, 6.45) is 0. The molecule has 25 heavy (non-hydrogen) atoms. The maximum absolute atomic E-state index is 12.2. The van der Waals surface area contributed by atoms with Gasteiger partial charge >= 0.3 is 5.97 Å². The summed E-state index contributed by atoms with van der Waals surface area (Å²) < 4.78 is 5.95. The molecule has 0 aliphatic rings. The zero-order valence-electron chi connectivity index (χ0n) is 13.7. The molecular weight excluding hydrogens is 388 g/mol. The molecule has 2 aromatic rings. The number of carbonyl (C=O) groups is 2. The number of nitrogens with one attached hydrogen (secondary N) is 2. The average molecular weight is 407 g/mol. The first kappa shape index (κ1) is 19.0. The number of esters is 1. The van der Waals surface area contributed by atoms with Crippen LogP contribution in [0, 0.1) is 6.92 Å². The number of benzene rings is 2. The zero-order chi connectivity index (χ0) is 18.2. The van der Waals surface area contributed by atoms with Crippen LogP contribution in [-0.2, 0) is 9.53 Å². The third-order valence-corrected chi connectivity index (χ3v) is 4.22. The molecule has 0 atom stereocenters. The Labute approximate surface area is 154 Å². The smallest absolute Gasteiger partial charge is 0.340 e. The predicted molar refractivity (Wildman–Crippen MR) is 99.8 cm³/mol. The molecular formula is C18H19BrN2O4. The first-order chi connectivity index (χ1) is 12.0. The Hall–Kier alpha value is -2.38. The van der Waals surface area contributed by atoms with Crippen molar-refractivity contribution in [2.24, 2.45) is 0 Å². The molecule has 0 bridgehead atoms. The number of aliphatic hydroxyl groups excluding tert-OH is 1. The van der Waals surface area contributed by atoms with E-state index in [0.717, 1.165) is 10.0 Å². The van der Waals surface area contributed by atoms with Crippen molar-refractivity contribution < 1.29 is 19.4 Å². The number of hydrogen-bond acceptors (Lipinski definition) is 5. The first-order valence-corrected chi connectivity index (χ1v) is 8.47. The van der Waals surface area contributed by atoms with Crippen LogP contribution >= 0.6 is 15.9 Å². The summed E-state index contributed by atoms with van der Waals surface area (Å²) in [5.41, 5.74) is 2.52. The normalized spacial score (nSPS) is 10.2. The molecule has 1 amide bonds. The van der Waals surface area contributed by atoms with Gasteiger partial charge in [-0.15, -0.1) is 0 Å². The molecule has 0 aliphatic heterocycles. The van der Waals surface area contributed by atoms with E-state index >= 15 is 0 Å². The number of ether oxygens (including phenoxy) is 1. The van der Waals surface area contributed by atoms with Gasteiger partial charge in [-0.2, -0.15) is 0 Å². The van der Waals surface area contributed by atoms with E-state index in [1.54, 1.807) is 36.4 Å². The van der Waals surface area contributed by atoms with Crippen LogP contribution in [0.5, 0.6) is 0 Å². The molecule has 7 heteroatoms. The SMILES string of the molecule is Cc1ccc(NC(=O)COC(=O)c2ccccc2NCCO)cc1Br. The minimum Gasteiger partial charge on any atom is -0.452 e. The molecule has 3 N–H and O–H groups in total. The molecule has 0 saturated carbocycles. The lowest BCUT2D eigenvalue weighted by atomic mass is 10.2. The van der Waals surface area contributed by atoms with Crippen molar-refractivity contribution in [3.8, 4) is 0 Å². The lowest BCUT2D eigenvalue weighted by Gasteiger charge is -2.11. The van der Waals surface area contributed by atoms with E-state index in [1.165, 1.54) is 0 Å². The highest BCUT2D eigenvalue weighted by atomic mass is 79.9. The van der Waals surface area contributed by atoms with Crippen LogP contribution in [0.3, 0.4) is 0 Å². The van der Waals surface area contributed by atoms with Gasteiger partial charge < -0.3 is 20.5 Å². The number of para-hydroxylation sites is 1. The molecule has 2 rings (SSSR count). The van der Waals surface area contributed by atoms with E-state index in [2.05, 4.69) is 26.6 Å². The largest absolute Gasteiger partial charge is 0.452 e. The van der Waals surface area contributed by atoms with Crippen LogP contribution in [0.25, 0.3) is 0 Å². The average Bonchev–Trinajstić information content (AvgIpc) is 2.61. The van der Waals surface area contributed by atoms with E-state index < -0.39 is 18.5 Å². The Kier molecular flexibility index (Phi) is 6.97. The zero-order valence-corrected chi connectivity index (χ0v) is 15.3. The number of amides is 1. The molecule has 0 unspecified atom stereocenters. The molecule has 6 nitrogen and oxygen atoms in total. The lowest BCUT2D eigenvalue weighted by Crippen LogP contribution is -2.21. The van der Waals surface area contributed by atoms with Crippen molar-refractivity contribution >= 4 is 39.2 Å². The Bertz CT molecular complexity index is 764. The van der Waals surface area contributed by atoms with Crippen LogP contribution in [0.2, 0.25) is 0 Å². The van der Waals surface area contributed by atoms with Gasteiger partial charge in [0.05, 0.1) is 12.2 Å². The molecule has 2 aromatic carbocycles. The van der Waals surface area contributed by atoms with Crippen LogP contribution in [0.15, 0.2) is 46.9 Å². The van der Waals surface area contributed by atoms with Gasteiger partial charge in [-0.25, -0.2) is 4.79 Å². The maximum atomic E-state index is 12.2. The number of aryl methyl sites for hydroxylation is 1. The first-order valence-electron chi connectivity index (χ1n) is 7.68. The summed E-state index contributed by atoms with van der Waals surface area (Å²) >= 11 is 3.40. The highest BCUT2D eigenvalue weighted by molar-refractivity contribution is 9.10. The Morgan fingerprint density at radius 2 is 1.96 bits per heavy atom. The minimum absolute atomic E-state index is 0.0576. The fraction of sp³-hybridized carbons (Fsp3) is 0.222. The van der Waals surface area contributed by atoms with E-state index in [1.807, 2.05) is 13.0 Å². The van der Waals surface area contributed by atoms with Gasteiger partial charge in [-0.3, -0.25) is 4.79 Å². The summed E-state index contributed by atoms with van der Waals surface area (Å²) in [4.78, 5) is 24.1. The van der Waals surface area contributed by atoms with Crippen molar-refractivity contribution in [1.29, 1.82) is 0 Å². The standard InChI is InChI=1S/C18H19BrN2O4/c1-12-6-7-13(10-15(12)19)21-17(23)11-25-18(24)14-4-2-3-5-16(14)20-8-9-22/h2-7,10,20,22H,8-9,11H2,1H3,(H,21,23). The van der Waals surface area contributed by atoms with Crippen molar-refractivity contribution in [1.82, 2.24) is 0 Å². The maximum Gasteiger partial charge on any atom is 0.340 e. The van der Waals surface area contributed by atoms with Gasteiger partial charge in [0.1, 0.15) is 0 Å². The van der Waals surface area contributed by atoms with Crippen molar-refractivity contribution in [3.05, 3.63) is 58.1 Å². The minimum atomic E-state index is -0.610. The fourth-order valence-corrected chi connectivity index (χ4v) is 2.46. The van der Waals surface area contributed by atoms with E-state index in [4.69, 9.17) is 9.84 Å². The van der Waals surface area contributed by atoms with E-state index in [0.29, 0.717) is 23.5 Å². The summed E-state index contributed by atoms with van der Waals surface area (Å²) in [5, 5.41) is 14.5. The second kappa shape index (κ2) is 9.19. The number of hydrogen-bond donors (Lipinski definition) is 3. The second-order valence-electron chi connectivity index (χ2n) is 5.28. The number of anilines is 2. The van der Waals surface area contributed by atoms with Crippen LogP contribution in [0.4, 0.5) is 11.4 Å². The highest BCUT2D eigenvalue weighted by Crippen LogP contribution is 2.20. The summed E-state index contributed by atoms with van der Waals surface area (Å²) in [5.74, 6) is -1.04. The van der Waals surface area contributed by atoms with Crippen LogP contribution in [-0.4, -0.2) is 36.7 Å². The number of carbonyl (C=O) groups excluding carboxylic acids is 2. The van der Waals surface area contributed by atoms with Crippen LogP contribution in [0.1, 0.15) is 15.9 Å². The summed E-state index contributed by atoms with van der Waals surface area (Å²) in [7, 11) is 0. The van der Waals surface area contributed by atoms with Crippen molar-refractivity contribution in [2.75, 3.05) is 30.4 Å². The van der Waals surface area contributed by atoms with Gasteiger partial charge in [-0.05, 0) is 36.8 Å². The van der Waals surface area contributed by atoms with Crippen molar-refractivity contribution in [2.45, 2.75) is 6.92 Å². The monoisotopic (exact) mass is 406 g/mol. The third kappa shape index (κ3) is 5.58. The molecule has 0 spiro atoms. The number of rotatable bonds is 7. The fourth-order valence-electron chi connectivity index (χ4n) is 2.08. The number of aliphatic hydroxyl groups is 1. The summed E-state index contributed by atoms with van der Waals surface area (Å²) in [6.45, 7) is 1.81. The summed E-state index contributed by atoms with van der Waals surface area (Å²) in [6, 6.07) is 12.2. The van der Waals surface area contributed by atoms with Gasteiger partial charge in [0, 0.05) is 22.4 Å². The molecule has 0 radical (unpaired) electrons. The van der Waals surface area contributed by atoms with E-state index in [9.17, 15) is 9.59 Å². The molecule has 0 fully saturated rings. The van der Waals surface area contributed by atoms with Crippen molar-refractivity contribution in [3.63, 3.8) is 0 Å². The van der Waals surface area contributed by atoms with Gasteiger partial charge in [0.15, 0.2) is 6.61 Å². The predicted octanol–water partition coefficient (Wildman–Crippen LogP) is 2.96. The molecule has 0 aromatic heterocycles. The topological polar surface area (TPSA) is 87.7 Å². The van der Waals surface area contributed by atoms with Crippen LogP contribution < -0.4 is 10.6 Å². The lowest BCUT2D eigenvalue weighted by molar-refractivity contribution is -0.119. The van der Waals surface area contributed by atoms with Gasteiger partial charge in [0.25, 0.3) is 5.91 Å². The number of halogens is 1. The molecule has 0 heterocycles. The Balaban J connectivity index is 1.93. The molecule has 0 aliphatic carbocycles. The Morgan fingerprint density at radius 1 is 1.20 bits per heavy atom. The van der Waals surface area contributed by atoms with Gasteiger partial charge in [-0.1, -0.05) is 34.1 Å². The van der Waals surface area contributed by atoms with E-state index in [-0.39, 0.29) is 6.61 Å².